The van der Waals surface area contributed by atoms with Crippen molar-refractivity contribution < 1.29 is 28.5 Å². The predicted molar refractivity (Wildman–Crippen MR) is 167 cm³/mol. The molecule has 0 aliphatic carbocycles. The van der Waals surface area contributed by atoms with Crippen LogP contribution in [0.5, 0.6) is 5.75 Å². The van der Waals surface area contributed by atoms with E-state index in [4.69, 9.17) is 9.84 Å². The minimum atomic E-state index is -2.99. The highest BCUT2D eigenvalue weighted by Gasteiger charge is 2.41. The Morgan fingerprint density at radius 3 is 2.48 bits per heavy atom. The van der Waals surface area contributed by atoms with E-state index in [1.54, 1.807) is 37.6 Å². The second-order valence-corrected chi connectivity index (χ2v) is 11.5. The topological polar surface area (TPSA) is 95.5 Å². The first-order valence-electron chi connectivity index (χ1n) is 15.1. The van der Waals surface area contributed by atoms with Gasteiger partial charge in [0.15, 0.2) is 5.60 Å². The first-order chi connectivity index (χ1) is 21.2. The third kappa shape index (κ3) is 7.83. The van der Waals surface area contributed by atoms with E-state index in [-0.39, 0.29) is 24.3 Å². The third-order valence-electron chi connectivity index (χ3n) is 8.37. The van der Waals surface area contributed by atoms with Gasteiger partial charge < -0.3 is 19.5 Å². The molecular weight excluding hydrogens is 562 g/mol. The predicted octanol–water partition coefficient (Wildman–Crippen LogP) is 7.87. The molecule has 1 heterocycles. The molecule has 4 rings (SSSR count). The standard InChI is InChI=1S/C36H40F2N2O4/c1-3-9-25(18-29-15-13-27(21-34(41)42)20-33(29)44-2)10-7-8-17-36(43,35(37)38)31-24-40(23-26-11-5-4-6-12-26)32-19-28(22-39)14-16-30(31)32/h4-6,11-16,19-20,24-25,35,43H,3,7-10,17-18,21,23H2,1-2H3,(H,41,42). The van der Waals surface area contributed by atoms with Crippen molar-refractivity contribution in [3.63, 3.8) is 0 Å². The number of ether oxygens (including phenoxy) is 1. The van der Waals surface area contributed by atoms with Gasteiger partial charge in [-0.25, -0.2) is 8.78 Å². The molecule has 3 aromatic carbocycles. The number of fused-ring (bicyclic) bond motifs is 1. The van der Waals surface area contributed by atoms with Crippen LogP contribution in [0.1, 0.15) is 73.3 Å². The molecule has 2 unspecified atom stereocenters. The molecule has 6 nitrogen and oxygen atoms in total. The quantitative estimate of drug-likeness (QED) is 0.127. The molecule has 2 N–H and O–H groups in total. The smallest absolute Gasteiger partial charge is 0.307 e. The van der Waals surface area contributed by atoms with Crippen LogP contribution in [0.25, 0.3) is 10.9 Å². The molecule has 0 saturated heterocycles. The molecule has 1 aromatic heterocycles. The highest BCUT2D eigenvalue weighted by molar-refractivity contribution is 5.86. The second kappa shape index (κ2) is 15.0. The zero-order valence-corrected chi connectivity index (χ0v) is 25.3. The SMILES string of the molecule is CCCC(CCCCC(O)(c1cn(Cc2ccccc2)c2cc(C#N)ccc12)C(F)F)Cc1ccc(CC(=O)O)cc1OC. The maximum absolute atomic E-state index is 14.7. The van der Waals surface area contributed by atoms with Gasteiger partial charge in [-0.15, -0.1) is 0 Å². The number of aliphatic hydroxyl groups is 1. The number of aromatic nitrogens is 1. The molecule has 0 spiro atoms. The van der Waals surface area contributed by atoms with Gasteiger partial charge in [0.05, 0.1) is 30.7 Å². The lowest BCUT2D eigenvalue weighted by Gasteiger charge is -2.28. The number of halogens is 2. The highest BCUT2D eigenvalue weighted by atomic mass is 19.3. The summed E-state index contributed by atoms with van der Waals surface area (Å²) in [7, 11) is 1.57. The molecule has 44 heavy (non-hydrogen) atoms. The first-order valence-corrected chi connectivity index (χ1v) is 15.1. The summed E-state index contributed by atoms with van der Waals surface area (Å²) in [5.41, 5.74) is 1.55. The zero-order valence-electron chi connectivity index (χ0n) is 25.3. The fourth-order valence-corrected chi connectivity index (χ4v) is 6.12. The summed E-state index contributed by atoms with van der Waals surface area (Å²) < 4.78 is 36.8. The van der Waals surface area contributed by atoms with Crippen LogP contribution in [0.2, 0.25) is 0 Å². The van der Waals surface area contributed by atoms with Crippen LogP contribution in [0.15, 0.2) is 72.9 Å². The molecule has 8 heteroatoms. The summed E-state index contributed by atoms with van der Waals surface area (Å²) in [6, 6.07) is 22.2. The number of rotatable bonds is 16. The van der Waals surface area contributed by atoms with Gasteiger partial charge in [0.25, 0.3) is 6.43 Å². The normalized spacial score (nSPS) is 13.5. The number of carbonyl (C=O) groups is 1. The van der Waals surface area contributed by atoms with Gasteiger partial charge in [-0.1, -0.05) is 81.1 Å². The number of alkyl halides is 2. The van der Waals surface area contributed by atoms with Crippen LogP contribution in [0.4, 0.5) is 8.78 Å². The summed E-state index contributed by atoms with van der Waals surface area (Å²) in [4.78, 5) is 11.1. The van der Waals surface area contributed by atoms with Crippen LogP contribution in [0, 0.1) is 17.2 Å². The molecule has 2 atom stereocenters. The molecule has 0 radical (unpaired) electrons. The molecule has 0 saturated carbocycles. The van der Waals surface area contributed by atoms with Crippen molar-refractivity contribution in [3.05, 3.63) is 101 Å². The zero-order chi connectivity index (χ0) is 31.7. The lowest BCUT2D eigenvalue weighted by molar-refractivity contribution is -0.136. The van der Waals surface area contributed by atoms with Crippen LogP contribution < -0.4 is 4.74 Å². The van der Waals surface area contributed by atoms with E-state index >= 15 is 0 Å². The molecular formula is C36H40F2N2O4. The van der Waals surface area contributed by atoms with Gasteiger partial charge in [-0.3, -0.25) is 4.79 Å². The van der Waals surface area contributed by atoms with Crippen molar-refractivity contribution >= 4 is 16.9 Å². The largest absolute Gasteiger partial charge is 0.496 e. The maximum Gasteiger partial charge on any atom is 0.307 e. The maximum atomic E-state index is 14.7. The molecule has 0 aliphatic rings. The second-order valence-electron chi connectivity index (χ2n) is 11.5. The number of hydrogen-bond donors (Lipinski definition) is 2. The highest BCUT2D eigenvalue weighted by Crippen LogP contribution is 2.40. The van der Waals surface area contributed by atoms with E-state index in [1.165, 1.54) is 0 Å². The Hall–Kier alpha value is -4.22. The Balaban J connectivity index is 1.50. The van der Waals surface area contributed by atoms with E-state index in [0.29, 0.717) is 47.2 Å². The average molecular weight is 603 g/mol. The third-order valence-corrected chi connectivity index (χ3v) is 8.37. The van der Waals surface area contributed by atoms with Gasteiger partial charge in [0, 0.05) is 23.7 Å². The summed E-state index contributed by atoms with van der Waals surface area (Å²) in [6.45, 7) is 2.53. The monoisotopic (exact) mass is 602 g/mol. The van der Waals surface area contributed by atoms with Crippen molar-refractivity contribution in [2.24, 2.45) is 5.92 Å². The Kier molecular flexibility index (Phi) is 11.1. The lowest BCUT2D eigenvalue weighted by Crippen LogP contribution is -2.34. The van der Waals surface area contributed by atoms with Crippen LogP contribution in [-0.4, -0.2) is 34.3 Å². The number of aliphatic carboxylic acids is 1. The minimum Gasteiger partial charge on any atom is -0.496 e. The van der Waals surface area contributed by atoms with E-state index in [0.717, 1.165) is 36.8 Å². The van der Waals surface area contributed by atoms with Crippen molar-refractivity contribution in [2.75, 3.05) is 7.11 Å². The number of nitrogens with zero attached hydrogens (tertiary/aromatic N) is 2. The molecule has 0 bridgehead atoms. The fourth-order valence-electron chi connectivity index (χ4n) is 6.12. The molecule has 0 amide bonds. The van der Waals surface area contributed by atoms with Crippen LogP contribution in [0.3, 0.4) is 0 Å². The van der Waals surface area contributed by atoms with Gasteiger partial charge in [-0.2, -0.15) is 5.26 Å². The molecule has 0 aliphatic heterocycles. The van der Waals surface area contributed by atoms with Gasteiger partial charge in [-0.05, 0) is 60.1 Å². The van der Waals surface area contributed by atoms with Crippen molar-refractivity contribution in [1.82, 2.24) is 4.57 Å². The van der Waals surface area contributed by atoms with Crippen molar-refractivity contribution in [1.29, 1.82) is 5.26 Å². The van der Waals surface area contributed by atoms with Crippen molar-refractivity contribution in [3.8, 4) is 11.8 Å². The number of nitriles is 1. The van der Waals surface area contributed by atoms with E-state index in [2.05, 4.69) is 13.0 Å². The Morgan fingerprint density at radius 2 is 1.82 bits per heavy atom. The molecule has 232 valence electrons. The average Bonchev–Trinajstić information content (AvgIpc) is 3.37. The van der Waals surface area contributed by atoms with E-state index in [1.807, 2.05) is 47.0 Å². The molecule has 4 aromatic rings. The number of carboxylic acids is 1. The summed E-state index contributed by atoms with van der Waals surface area (Å²) in [5.74, 6) is 0.0412. The Morgan fingerprint density at radius 1 is 1.05 bits per heavy atom. The van der Waals surface area contributed by atoms with Crippen LogP contribution >= 0.6 is 0 Å². The van der Waals surface area contributed by atoms with E-state index in [9.17, 15) is 23.9 Å². The Bertz CT molecular complexity index is 1600. The number of methoxy groups -OCH3 is 1. The number of unbranched alkanes of at least 4 members (excludes halogenated alkanes) is 1. The summed E-state index contributed by atoms with van der Waals surface area (Å²) in [6.07, 6.45) is 2.99. The van der Waals surface area contributed by atoms with Gasteiger partial charge >= 0.3 is 5.97 Å². The van der Waals surface area contributed by atoms with E-state index < -0.39 is 18.0 Å². The summed E-state index contributed by atoms with van der Waals surface area (Å²) >= 11 is 0. The summed E-state index contributed by atoms with van der Waals surface area (Å²) in [5, 5.41) is 30.6. The Labute approximate surface area is 257 Å². The number of hydrogen-bond acceptors (Lipinski definition) is 4. The van der Waals surface area contributed by atoms with Gasteiger partial charge in [0.2, 0.25) is 0 Å². The minimum absolute atomic E-state index is 0.0769. The fraction of sp³-hybridized carbons (Fsp3) is 0.389. The van der Waals surface area contributed by atoms with Crippen molar-refractivity contribution in [2.45, 2.75) is 76.9 Å². The first kappa shape index (κ1) is 32.7. The van der Waals surface area contributed by atoms with Gasteiger partial charge in [0.1, 0.15) is 5.75 Å². The molecule has 0 fully saturated rings. The number of carboxylic acid groups (broad SMARTS) is 1. The lowest BCUT2D eigenvalue weighted by atomic mass is 9.85. The number of benzene rings is 3. The van der Waals surface area contributed by atoms with Crippen LogP contribution in [-0.2, 0) is 29.8 Å².